The van der Waals surface area contributed by atoms with Crippen LogP contribution in [0.5, 0.6) is 0 Å². The van der Waals surface area contributed by atoms with Crippen LogP contribution in [0.4, 0.5) is 0 Å². The monoisotopic (exact) mass is 214 g/mol. The molecule has 0 aromatic heterocycles. The zero-order valence-electron chi connectivity index (χ0n) is 8.98. The maximum absolute atomic E-state index is 11.2. The molecule has 84 valence electrons. The fourth-order valence-corrected chi connectivity index (χ4v) is 1.63. The lowest BCUT2D eigenvalue weighted by atomic mass is 9.91. The Bertz CT molecular complexity index is 296. The highest BCUT2D eigenvalue weighted by atomic mass is 16.6. The molecule has 0 spiro atoms. The van der Waals surface area contributed by atoms with Gasteiger partial charge in [0.05, 0.1) is 17.9 Å². The van der Waals surface area contributed by atoms with Gasteiger partial charge in [0.2, 0.25) is 0 Å². The summed E-state index contributed by atoms with van der Waals surface area (Å²) in [6, 6.07) is 0. The minimum atomic E-state index is -0.522. The van der Waals surface area contributed by atoms with E-state index in [1.165, 1.54) is 6.92 Å². The Hall–Kier alpha value is -1.39. The predicted octanol–water partition coefficient (Wildman–Crippen LogP) is 0.664. The normalized spacial score (nSPS) is 27.4. The van der Waals surface area contributed by atoms with Crippen LogP contribution in [0.15, 0.2) is 0 Å². The Balaban J connectivity index is 2.54. The minimum absolute atomic E-state index is 0.325. The van der Waals surface area contributed by atoms with Crippen LogP contribution in [0.1, 0.15) is 27.2 Å². The number of cyclic esters (lactones) is 2. The first-order valence-corrected chi connectivity index (χ1v) is 4.84. The molecular formula is C10H14O5. The topological polar surface area (TPSA) is 69.7 Å². The number of hydrogen-bond donors (Lipinski definition) is 0. The van der Waals surface area contributed by atoms with Gasteiger partial charge in [0.1, 0.15) is 0 Å². The summed E-state index contributed by atoms with van der Waals surface area (Å²) in [6.07, 6.45) is -0.0564. The SMILES string of the molecule is CC(=O)OC(C)CC1C(=O)OC(=O)C1C. The van der Waals surface area contributed by atoms with E-state index in [1.54, 1.807) is 13.8 Å². The van der Waals surface area contributed by atoms with Gasteiger partial charge >= 0.3 is 17.9 Å². The van der Waals surface area contributed by atoms with Gasteiger partial charge in [0.25, 0.3) is 0 Å². The number of carbonyl (C=O) groups excluding carboxylic acids is 3. The van der Waals surface area contributed by atoms with Crippen molar-refractivity contribution in [2.45, 2.75) is 33.3 Å². The van der Waals surface area contributed by atoms with Crippen molar-refractivity contribution in [3.05, 3.63) is 0 Å². The number of rotatable bonds is 3. The molecular weight excluding hydrogens is 200 g/mol. The van der Waals surface area contributed by atoms with Gasteiger partial charge in [0, 0.05) is 6.92 Å². The van der Waals surface area contributed by atoms with Crippen molar-refractivity contribution >= 4 is 17.9 Å². The van der Waals surface area contributed by atoms with E-state index in [0.29, 0.717) is 6.42 Å². The first-order valence-electron chi connectivity index (χ1n) is 4.84. The molecule has 0 aromatic rings. The second kappa shape index (κ2) is 4.42. The van der Waals surface area contributed by atoms with Gasteiger partial charge in [-0.25, -0.2) is 0 Å². The quantitative estimate of drug-likeness (QED) is 0.510. The average molecular weight is 214 g/mol. The van der Waals surface area contributed by atoms with Crippen LogP contribution in [0.3, 0.4) is 0 Å². The van der Waals surface area contributed by atoms with Crippen molar-refractivity contribution in [1.29, 1.82) is 0 Å². The van der Waals surface area contributed by atoms with Crippen molar-refractivity contribution in [2.24, 2.45) is 11.8 Å². The second-order valence-corrected chi connectivity index (χ2v) is 3.79. The molecule has 15 heavy (non-hydrogen) atoms. The average Bonchev–Trinajstić information content (AvgIpc) is 2.31. The lowest BCUT2D eigenvalue weighted by molar-refractivity contribution is -0.155. The number of hydrogen-bond acceptors (Lipinski definition) is 5. The van der Waals surface area contributed by atoms with E-state index < -0.39 is 29.7 Å². The van der Waals surface area contributed by atoms with E-state index in [-0.39, 0.29) is 6.10 Å². The molecule has 3 atom stereocenters. The van der Waals surface area contributed by atoms with Crippen LogP contribution in [0, 0.1) is 11.8 Å². The third-order valence-electron chi connectivity index (χ3n) is 2.43. The standard InChI is InChI=1S/C10H14O5/c1-5(14-7(3)11)4-8-6(2)9(12)15-10(8)13/h5-6,8H,4H2,1-3H3. The summed E-state index contributed by atoms with van der Waals surface area (Å²) >= 11 is 0. The van der Waals surface area contributed by atoms with Gasteiger partial charge in [-0.15, -0.1) is 0 Å². The summed E-state index contributed by atoms with van der Waals surface area (Å²) in [7, 11) is 0. The van der Waals surface area contributed by atoms with Crippen LogP contribution in [-0.4, -0.2) is 24.0 Å². The maximum Gasteiger partial charge on any atom is 0.317 e. The fourth-order valence-electron chi connectivity index (χ4n) is 1.63. The summed E-state index contributed by atoms with van der Waals surface area (Å²) in [5.74, 6) is -2.36. The van der Waals surface area contributed by atoms with Crippen molar-refractivity contribution in [3.8, 4) is 0 Å². The first kappa shape index (κ1) is 11.7. The van der Waals surface area contributed by atoms with Gasteiger partial charge in [-0.05, 0) is 13.3 Å². The van der Waals surface area contributed by atoms with Gasteiger partial charge in [-0.2, -0.15) is 0 Å². The zero-order chi connectivity index (χ0) is 11.6. The summed E-state index contributed by atoms with van der Waals surface area (Å²) in [4.78, 5) is 32.9. The van der Waals surface area contributed by atoms with E-state index in [1.807, 2.05) is 0 Å². The van der Waals surface area contributed by atoms with E-state index in [4.69, 9.17) is 4.74 Å². The molecule has 1 aliphatic heterocycles. The van der Waals surface area contributed by atoms with Crippen molar-refractivity contribution in [2.75, 3.05) is 0 Å². The molecule has 0 amide bonds. The largest absolute Gasteiger partial charge is 0.463 e. The Kier molecular flexibility index (Phi) is 3.44. The highest BCUT2D eigenvalue weighted by Gasteiger charge is 2.42. The van der Waals surface area contributed by atoms with Gasteiger partial charge in [-0.3, -0.25) is 14.4 Å². The Morgan fingerprint density at radius 2 is 2.07 bits per heavy atom. The van der Waals surface area contributed by atoms with Crippen LogP contribution >= 0.6 is 0 Å². The lowest BCUT2D eigenvalue weighted by Gasteiger charge is -2.15. The highest BCUT2D eigenvalue weighted by molar-refractivity contribution is 5.96. The van der Waals surface area contributed by atoms with Gasteiger partial charge < -0.3 is 9.47 Å². The highest BCUT2D eigenvalue weighted by Crippen LogP contribution is 2.27. The number of carbonyl (C=O) groups is 3. The number of ether oxygens (including phenoxy) is 2. The summed E-state index contributed by atoms with van der Waals surface area (Å²) in [6.45, 7) is 4.63. The molecule has 1 rings (SSSR count). The molecule has 1 aliphatic rings. The van der Waals surface area contributed by atoms with Crippen molar-refractivity contribution in [3.63, 3.8) is 0 Å². The fraction of sp³-hybridized carbons (Fsp3) is 0.700. The zero-order valence-corrected chi connectivity index (χ0v) is 8.98. The molecule has 5 heteroatoms. The van der Waals surface area contributed by atoms with Gasteiger partial charge in [-0.1, -0.05) is 6.92 Å². The molecule has 1 fully saturated rings. The third kappa shape index (κ3) is 2.78. The van der Waals surface area contributed by atoms with Crippen LogP contribution in [0.2, 0.25) is 0 Å². The molecule has 1 heterocycles. The molecule has 0 radical (unpaired) electrons. The van der Waals surface area contributed by atoms with E-state index in [0.717, 1.165) is 0 Å². The minimum Gasteiger partial charge on any atom is -0.463 e. The molecule has 5 nitrogen and oxygen atoms in total. The van der Waals surface area contributed by atoms with E-state index in [2.05, 4.69) is 4.74 Å². The smallest absolute Gasteiger partial charge is 0.317 e. The Morgan fingerprint density at radius 1 is 1.47 bits per heavy atom. The first-order chi connectivity index (χ1) is 6.91. The van der Waals surface area contributed by atoms with Crippen LogP contribution in [0.25, 0.3) is 0 Å². The van der Waals surface area contributed by atoms with Crippen molar-refractivity contribution < 1.29 is 23.9 Å². The van der Waals surface area contributed by atoms with Crippen LogP contribution in [-0.2, 0) is 23.9 Å². The Labute approximate surface area is 87.7 Å². The molecule has 1 saturated heterocycles. The Morgan fingerprint density at radius 3 is 2.47 bits per heavy atom. The van der Waals surface area contributed by atoms with E-state index >= 15 is 0 Å². The molecule has 0 aliphatic carbocycles. The predicted molar refractivity (Wildman–Crippen MR) is 49.6 cm³/mol. The summed E-state index contributed by atoms with van der Waals surface area (Å²) < 4.78 is 9.36. The van der Waals surface area contributed by atoms with Gasteiger partial charge in [0.15, 0.2) is 0 Å². The van der Waals surface area contributed by atoms with Crippen molar-refractivity contribution in [1.82, 2.24) is 0 Å². The second-order valence-electron chi connectivity index (χ2n) is 3.79. The summed E-state index contributed by atoms with van der Waals surface area (Å²) in [5, 5.41) is 0. The van der Waals surface area contributed by atoms with Crippen LogP contribution < -0.4 is 0 Å². The lowest BCUT2D eigenvalue weighted by Crippen LogP contribution is -2.23. The third-order valence-corrected chi connectivity index (χ3v) is 2.43. The summed E-state index contributed by atoms with van der Waals surface area (Å²) in [5.41, 5.74) is 0. The molecule has 0 N–H and O–H groups in total. The molecule has 0 saturated carbocycles. The molecule has 3 unspecified atom stereocenters. The maximum atomic E-state index is 11.2. The molecule has 0 aromatic carbocycles. The molecule has 0 bridgehead atoms. The van der Waals surface area contributed by atoms with E-state index in [9.17, 15) is 14.4 Å². The number of esters is 3.